The van der Waals surface area contributed by atoms with Crippen molar-refractivity contribution < 1.29 is 9.53 Å². The molecule has 1 aliphatic heterocycles. The lowest BCUT2D eigenvalue weighted by Gasteiger charge is -2.27. The van der Waals surface area contributed by atoms with Crippen LogP contribution in [0.4, 0.5) is 5.69 Å². The summed E-state index contributed by atoms with van der Waals surface area (Å²) in [5, 5.41) is 0. The van der Waals surface area contributed by atoms with E-state index in [9.17, 15) is 4.79 Å². The van der Waals surface area contributed by atoms with Gasteiger partial charge in [-0.2, -0.15) is 0 Å². The maximum atomic E-state index is 12.9. The summed E-state index contributed by atoms with van der Waals surface area (Å²) in [6.45, 7) is 11.0. The third-order valence-corrected chi connectivity index (χ3v) is 7.94. The highest BCUT2D eigenvalue weighted by molar-refractivity contribution is 5.97. The molecule has 1 saturated heterocycles. The lowest BCUT2D eigenvalue weighted by atomic mass is 9.98. The SMILES string of the molecule is CCCCc1nc2ccc(N3CCCCCCC3)cc2n1Cc1ccc(-c2ccccc2C(=O)OC(C)(C)C)cc1. The van der Waals surface area contributed by atoms with E-state index in [4.69, 9.17) is 9.72 Å². The van der Waals surface area contributed by atoms with E-state index < -0.39 is 5.60 Å². The predicted molar refractivity (Wildman–Crippen MR) is 170 cm³/mol. The molecule has 0 radical (unpaired) electrons. The quantitative estimate of drug-likeness (QED) is 0.205. The number of hydrogen-bond donors (Lipinski definition) is 0. The molecule has 0 saturated carbocycles. The highest BCUT2D eigenvalue weighted by Gasteiger charge is 2.21. The van der Waals surface area contributed by atoms with E-state index in [0.717, 1.165) is 61.4 Å². The molecule has 1 aromatic heterocycles. The number of esters is 1. The van der Waals surface area contributed by atoms with Crippen molar-refractivity contribution in [2.45, 2.75) is 91.2 Å². The maximum Gasteiger partial charge on any atom is 0.339 e. The predicted octanol–water partition coefficient (Wildman–Crippen LogP) is 8.82. The molecule has 5 rings (SSSR count). The van der Waals surface area contributed by atoms with Gasteiger partial charge in [-0.15, -0.1) is 0 Å². The number of imidazole rings is 1. The second-order valence-corrected chi connectivity index (χ2v) is 12.4. The van der Waals surface area contributed by atoms with Crippen LogP contribution in [0.2, 0.25) is 0 Å². The summed E-state index contributed by atoms with van der Waals surface area (Å²) < 4.78 is 8.10. The summed E-state index contributed by atoms with van der Waals surface area (Å²) in [6.07, 6.45) is 9.81. The van der Waals surface area contributed by atoms with Gasteiger partial charge in [-0.25, -0.2) is 9.78 Å². The number of carbonyl (C=O) groups is 1. The number of anilines is 1. The van der Waals surface area contributed by atoms with Crippen LogP contribution in [-0.4, -0.2) is 34.2 Å². The van der Waals surface area contributed by atoms with E-state index in [1.54, 1.807) is 0 Å². The third-order valence-electron chi connectivity index (χ3n) is 7.94. The Kier molecular flexibility index (Phi) is 9.12. The van der Waals surface area contributed by atoms with E-state index in [2.05, 4.69) is 58.9 Å². The molecule has 1 fully saturated rings. The summed E-state index contributed by atoms with van der Waals surface area (Å²) in [4.78, 5) is 20.6. The summed E-state index contributed by atoms with van der Waals surface area (Å²) in [7, 11) is 0. The number of aryl methyl sites for hydroxylation is 1. The van der Waals surface area contributed by atoms with Crippen molar-refractivity contribution in [1.82, 2.24) is 9.55 Å². The fourth-order valence-corrected chi connectivity index (χ4v) is 5.78. The molecule has 0 amide bonds. The van der Waals surface area contributed by atoms with Crippen LogP contribution in [0.3, 0.4) is 0 Å². The van der Waals surface area contributed by atoms with Crippen LogP contribution in [0, 0.1) is 0 Å². The van der Waals surface area contributed by atoms with Gasteiger partial charge in [0.05, 0.1) is 16.6 Å². The average molecular weight is 552 g/mol. The van der Waals surface area contributed by atoms with E-state index in [1.165, 1.54) is 48.9 Å². The minimum absolute atomic E-state index is 0.293. The number of ether oxygens (including phenoxy) is 1. The first-order valence-corrected chi connectivity index (χ1v) is 15.5. The lowest BCUT2D eigenvalue weighted by Crippen LogP contribution is -2.26. The third kappa shape index (κ3) is 7.19. The fraction of sp³-hybridized carbons (Fsp3) is 0.444. The van der Waals surface area contributed by atoms with Gasteiger partial charge in [0.25, 0.3) is 0 Å². The zero-order valence-corrected chi connectivity index (χ0v) is 25.3. The number of unbranched alkanes of at least 4 members (excludes halogenated alkanes) is 1. The number of carbonyl (C=O) groups excluding carboxylic acids is 1. The van der Waals surface area contributed by atoms with Crippen LogP contribution in [0.5, 0.6) is 0 Å². The Labute approximate surface area is 245 Å². The van der Waals surface area contributed by atoms with Gasteiger partial charge in [0.15, 0.2) is 0 Å². The molecular formula is C36H45N3O2. The van der Waals surface area contributed by atoms with Crippen LogP contribution in [0.25, 0.3) is 22.2 Å². The Morgan fingerprint density at radius 3 is 2.32 bits per heavy atom. The topological polar surface area (TPSA) is 47.4 Å². The Balaban J connectivity index is 1.44. The average Bonchev–Trinajstić information content (AvgIpc) is 3.27. The number of rotatable bonds is 8. The monoisotopic (exact) mass is 551 g/mol. The first-order valence-electron chi connectivity index (χ1n) is 15.5. The Morgan fingerprint density at radius 1 is 0.902 bits per heavy atom. The smallest absolute Gasteiger partial charge is 0.339 e. The van der Waals surface area contributed by atoms with Crippen molar-refractivity contribution in [2.24, 2.45) is 0 Å². The minimum Gasteiger partial charge on any atom is -0.456 e. The summed E-state index contributed by atoms with van der Waals surface area (Å²) in [5.41, 5.74) is 6.79. The van der Waals surface area contributed by atoms with Crippen molar-refractivity contribution in [3.63, 3.8) is 0 Å². The van der Waals surface area contributed by atoms with Crippen LogP contribution in [0.15, 0.2) is 66.7 Å². The molecule has 216 valence electrons. The van der Waals surface area contributed by atoms with Gasteiger partial charge in [-0.05, 0) is 81.0 Å². The molecule has 0 N–H and O–H groups in total. The second-order valence-electron chi connectivity index (χ2n) is 12.4. The Morgan fingerprint density at radius 2 is 1.61 bits per heavy atom. The van der Waals surface area contributed by atoms with Crippen LogP contribution in [0.1, 0.15) is 94.4 Å². The van der Waals surface area contributed by atoms with E-state index in [0.29, 0.717) is 5.56 Å². The van der Waals surface area contributed by atoms with Gasteiger partial charge in [-0.1, -0.05) is 75.1 Å². The molecule has 0 spiro atoms. The molecule has 41 heavy (non-hydrogen) atoms. The molecular weight excluding hydrogens is 506 g/mol. The fourth-order valence-electron chi connectivity index (χ4n) is 5.78. The van der Waals surface area contributed by atoms with Gasteiger partial charge >= 0.3 is 5.97 Å². The van der Waals surface area contributed by atoms with Crippen LogP contribution < -0.4 is 4.90 Å². The van der Waals surface area contributed by atoms with Gasteiger partial charge in [-0.3, -0.25) is 0 Å². The Bertz CT molecular complexity index is 1450. The van der Waals surface area contributed by atoms with Crippen molar-refractivity contribution in [2.75, 3.05) is 18.0 Å². The molecule has 0 unspecified atom stereocenters. The molecule has 3 aromatic carbocycles. The molecule has 5 heteroatoms. The minimum atomic E-state index is -0.538. The standard InChI is InChI=1S/C36H45N3O2/c1-5-6-16-34-37-32-22-21-29(38-23-12-8-7-9-13-24-38)25-33(32)39(34)26-27-17-19-28(20-18-27)30-14-10-11-15-31(30)35(40)41-36(2,3)4/h10-11,14-15,17-22,25H,5-9,12-13,16,23-24,26H2,1-4H3. The van der Waals surface area contributed by atoms with Crippen LogP contribution >= 0.6 is 0 Å². The molecule has 4 aromatic rings. The number of hydrogen-bond acceptors (Lipinski definition) is 4. The summed E-state index contributed by atoms with van der Waals surface area (Å²) in [5.74, 6) is 0.865. The Hall–Kier alpha value is -3.60. The molecule has 0 aliphatic carbocycles. The number of fused-ring (bicyclic) bond motifs is 1. The van der Waals surface area contributed by atoms with Gasteiger partial charge in [0, 0.05) is 31.7 Å². The van der Waals surface area contributed by atoms with Crippen molar-refractivity contribution in [3.05, 3.63) is 83.7 Å². The highest BCUT2D eigenvalue weighted by Crippen LogP contribution is 2.29. The summed E-state index contributed by atoms with van der Waals surface area (Å²) >= 11 is 0. The van der Waals surface area contributed by atoms with Crippen molar-refractivity contribution in [1.29, 1.82) is 0 Å². The number of nitrogens with zero attached hydrogens (tertiary/aromatic N) is 3. The normalized spacial score (nSPS) is 14.6. The zero-order chi connectivity index (χ0) is 28.8. The van der Waals surface area contributed by atoms with Crippen LogP contribution in [-0.2, 0) is 17.7 Å². The zero-order valence-electron chi connectivity index (χ0n) is 25.3. The van der Waals surface area contributed by atoms with E-state index >= 15 is 0 Å². The highest BCUT2D eigenvalue weighted by atomic mass is 16.6. The molecule has 2 heterocycles. The number of benzene rings is 3. The van der Waals surface area contributed by atoms with E-state index in [-0.39, 0.29) is 5.97 Å². The molecule has 0 bridgehead atoms. The molecule has 0 atom stereocenters. The summed E-state index contributed by atoms with van der Waals surface area (Å²) in [6, 6.07) is 23.1. The largest absolute Gasteiger partial charge is 0.456 e. The first-order chi connectivity index (χ1) is 19.8. The number of aromatic nitrogens is 2. The van der Waals surface area contributed by atoms with Crippen molar-refractivity contribution in [3.8, 4) is 11.1 Å². The van der Waals surface area contributed by atoms with E-state index in [1.807, 2.05) is 45.0 Å². The first kappa shape index (κ1) is 28.9. The molecule has 1 aliphatic rings. The van der Waals surface area contributed by atoms with Gasteiger partial charge < -0.3 is 14.2 Å². The second kappa shape index (κ2) is 12.9. The van der Waals surface area contributed by atoms with Crippen molar-refractivity contribution >= 4 is 22.7 Å². The maximum absolute atomic E-state index is 12.9. The van der Waals surface area contributed by atoms with Gasteiger partial charge in [0.1, 0.15) is 11.4 Å². The lowest BCUT2D eigenvalue weighted by molar-refractivity contribution is 0.00704. The molecule has 5 nitrogen and oxygen atoms in total. The van der Waals surface area contributed by atoms with Gasteiger partial charge in [0.2, 0.25) is 0 Å².